The average Bonchev–Trinajstić information content (AvgIpc) is 4.11. The Morgan fingerprint density at radius 2 is 1.52 bits per heavy atom. The molecule has 2 aromatic carbocycles. The molecule has 4 saturated heterocycles. The number of amides is 5. The summed E-state index contributed by atoms with van der Waals surface area (Å²) in [5.41, 5.74) is 5.42. The van der Waals surface area contributed by atoms with Gasteiger partial charge in [0.05, 0.1) is 27.8 Å². The Morgan fingerprint density at radius 3 is 2.28 bits per heavy atom. The van der Waals surface area contributed by atoms with Gasteiger partial charge in [0.25, 0.3) is 17.7 Å². The highest BCUT2D eigenvalue weighted by atomic mass is 16.2. The van der Waals surface area contributed by atoms with Crippen molar-refractivity contribution in [3.8, 4) is 11.3 Å². The molecule has 6 aliphatic heterocycles. The zero-order chi connectivity index (χ0) is 49.1. The van der Waals surface area contributed by atoms with Crippen LogP contribution in [-0.4, -0.2) is 183 Å². The minimum absolute atomic E-state index is 0.0983. The molecule has 11 rings (SSSR count). The van der Waals surface area contributed by atoms with Crippen LogP contribution in [0.5, 0.6) is 0 Å². The van der Waals surface area contributed by atoms with Gasteiger partial charge in [0.2, 0.25) is 17.8 Å². The van der Waals surface area contributed by atoms with E-state index in [0.717, 1.165) is 129 Å². The van der Waals surface area contributed by atoms with E-state index in [4.69, 9.17) is 10.1 Å². The van der Waals surface area contributed by atoms with Crippen molar-refractivity contribution >= 4 is 63.6 Å². The highest BCUT2D eigenvalue weighted by Crippen LogP contribution is 2.38. The first-order valence-electron chi connectivity index (χ1n) is 24.8. The molecule has 6 aliphatic rings. The van der Waals surface area contributed by atoms with Crippen molar-refractivity contribution in [1.82, 2.24) is 60.3 Å². The van der Waals surface area contributed by atoms with Crippen LogP contribution < -0.4 is 25.3 Å². The first kappa shape index (κ1) is 46.3. The maximum atomic E-state index is 13.9. The summed E-state index contributed by atoms with van der Waals surface area (Å²) in [6, 6.07) is 14.3. The normalized spacial score (nSPS) is 21.6. The van der Waals surface area contributed by atoms with Gasteiger partial charge in [-0.3, -0.25) is 49.1 Å². The number of pyridine rings is 1. The van der Waals surface area contributed by atoms with Crippen LogP contribution in [0.4, 0.5) is 23.1 Å². The van der Waals surface area contributed by atoms with Gasteiger partial charge < -0.3 is 24.9 Å². The number of aromatic nitrogens is 7. The Hall–Kier alpha value is -7.10. The topological polar surface area (TPSA) is 217 Å². The van der Waals surface area contributed by atoms with E-state index in [1.165, 1.54) is 12.8 Å². The molecule has 5 amide bonds. The molecule has 21 heteroatoms. The predicted octanol–water partition coefficient (Wildman–Crippen LogP) is 2.77. The molecular weight excluding hydrogens is 905 g/mol. The summed E-state index contributed by atoms with van der Waals surface area (Å²) in [7, 11) is 1.86. The fourth-order valence-electron chi connectivity index (χ4n) is 11.4. The lowest BCUT2D eigenvalue weighted by Gasteiger charge is -2.40. The highest BCUT2D eigenvalue weighted by molar-refractivity contribution is 6.23. The van der Waals surface area contributed by atoms with Crippen LogP contribution in [0, 0.1) is 5.92 Å². The number of tetrazole rings is 1. The molecule has 1 unspecified atom stereocenters. The van der Waals surface area contributed by atoms with Crippen LogP contribution in [-0.2, 0) is 19.9 Å². The Morgan fingerprint density at radius 1 is 0.803 bits per heavy atom. The Balaban J connectivity index is 0.623. The summed E-state index contributed by atoms with van der Waals surface area (Å²) >= 11 is 0. The van der Waals surface area contributed by atoms with E-state index in [0.29, 0.717) is 34.3 Å². The van der Waals surface area contributed by atoms with E-state index in [1.807, 2.05) is 69.2 Å². The van der Waals surface area contributed by atoms with Gasteiger partial charge >= 0.3 is 0 Å². The van der Waals surface area contributed by atoms with E-state index >= 15 is 0 Å². The molecule has 4 fully saturated rings. The number of likely N-dealkylation sites (tertiary alicyclic amines) is 1. The molecule has 370 valence electrons. The molecule has 0 bridgehead atoms. The van der Waals surface area contributed by atoms with Crippen LogP contribution in [0.2, 0.25) is 0 Å². The minimum atomic E-state index is -0.966. The number of benzene rings is 2. The number of allylic oxidation sites excluding steroid dienone is 1. The Bertz CT molecular complexity index is 2960. The van der Waals surface area contributed by atoms with E-state index in [2.05, 4.69) is 61.8 Å². The fraction of sp³-hybridized carbons (Fsp3) is 0.480. The zero-order valence-corrected chi connectivity index (χ0v) is 40.7. The van der Waals surface area contributed by atoms with Crippen LogP contribution in [0.25, 0.3) is 22.2 Å². The van der Waals surface area contributed by atoms with Crippen LogP contribution in [0.15, 0.2) is 66.0 Å². The third kappa shape index (κ3) is 8.68. The Kier molecular flexibility index (Phi) is 12.1. The number of rotatable bonds is 11. The molecule has 3 N–H and O–H groups in total. The van der Waals surface area contributed by atoms with Gasteiger partial charge in [-0.1, -0.05) is 5.10 Å². The standard InChI is InChI=1S/C50H60N16O5/c1-31-43(50(2,3)66-49(59(31)4)56-57-58-66)46(69)52-34-5-8-39-38(28-34)44(55-54-39)33-11-14-51-41(27-33)64-25-19-61(20-26-64)18-17-60-15-12-32(13-16-60)30-62-21-23-63(24-22-62)35-6-7-36-37(29-35)48(71)65(47(36)70)40-9-10-42(67)53-45(40)68/h5-8,11,14,27-29,32,40H,9-10,12-13,15-26,30H2,1-4H3,(H,52,69)(H,54,55)(H,53,67,68). The lowest BCUT2D eigenvalue weighted by Crippen LogP contribution is -2.54. The lowest BCUT2D eigenvalue weighted by atomic mass is 9.89. The van der Waals surface area contributed by atoms with Crippen molar-refractivity contribution in [1.29, 1.82) is 0 Å². The highest BCUT2D eigenvalue weighted by Gasteiger charge is 2.45. The Labute approximate surface area is 411 Å². The summed E-state index contributed by atoms with van der Waals surface area (Å²) in [6.07, 6.45) is 4.48. The molecule has 21 nitrogen and oxygen atoms in total. The summed E-state index contributed by atoms with van der Waals surface area (Å²) in [4.78, 5) is 84.7. The molecule has 1 atom stereocenters. The van der Waals surface area contributed by atoms with Gasteiger partial charge in [0, 0.05) is 120 Å². The van der Waals surface area contributed by atoms with Gasteiger partial charge in [-0.15, -0.1) is 0 Å². The van der Waals surface area contributed by atoms with E-state index in [1.54, 1.807) is 16.8 Å². The molecule has 0 radical (unpaired) electrons. The number of carbonyl (C=O) groups is 5. The smallest absolute Gasteiger partial charge is 0.262 e. The minimum Gasteiger partial charge on any atom is -0.369 e. The van der Waals surface area contributed by atoms with Crippen molar-refractivity contribution < 1.29 is 24.0 Å². The second-order valence-corrected chi connectivity index (χ2v) is 20.2. The van der Waals surface area contributed by atoms with E-state index in [9.17, 15) is 24.0 Å². The van der Waals surface area contributed by atoms with Crippen molar-refractivity contribution in [2.45, 2.75) is 58.0 Å². The maximum Gasteiger partial charge on any atom is 0.262 e. The van der Waals surface area contributed by atoms with Crippen molar-refractivity contribution in [3.63, 3.8) is 0 Å². The number of hydrogen-bond acceptors (Lipinski definition) is 16. The number of piperazine rings is 2. The van der Waals surface area contributed by atoms with Crippen LogP contribution in [0.1, 0.15) is 67.2 Å². The van der Waals surface area contributed by atoms with Crippen LogP contribution >= 0.6 is 0 Å². The summed E-state index contributed by atoms with van der Waals surface area (Å²) in [5, 5.41) is 26.3. The predicted molar refractivity (Wildman–Crippen MR) is 266 cm³/mol. The molecule has 0 saturated carbocycles. The van der Waals surface area contributed by atoms with Crippen LogP contribution in [0.3, 0.4) is 0 Å². The molecule has 3 aromatic heterocycles. The first-order chi connectivity index (χ1) is 34.3. The lowest BCUT2D eigenvalue weighted by molar-refractivity contribution is -0.136. The van der Waals surface area contributed by atoms with Gasteiger partial charge in [-0.2, -0.15) is 5.10 Å². The second-order valence-electron chi connectivity index (χ2n) is 20.2. The van der Waals surface area contributed by atoms with Crippen molar-refractivity contribution in [2.75, 3.05) is 112 Å². The molecule has 5 aromatic rings. The molecular formula is C50H60N16O5. The number of piperidine rings is 2. The molecule has 71 heavy (non-hydrogen) atoms. The van der Waals surface area contributed by atoms with Gasteiger partial charge in [-0.05, 0) is 118 Å². The average molecular weight is 965 g/mol. The number of H-pyrrole nitrogens is 1. The quantitative estimate of drug-likeness (QED) is 0.162. The number of aromatic amines is 1. The summed E-state index contributed by atoms with van der Waals surface area (Å²) in [6.45, 7) is 18.5. The monoisotopic (exact) mass is 964 g/mol. The van der Waals surface area contributed by atoms with E-state index in [-0.39, 0.29) is 24.7 Å². The number of hydrogen-bond donors (Lipinski definition) is 3. The zero-order valence-electron chi connectivity index (χ0n) is 40.7. The summed E-state index contributed by atoms with van der Waals surface area (Å²) < 4.78 is 1.67. The number of nitrogens with one attached hydrogen (secondary N) is 3. The fourth-order valence-corrected chi connectivity index (χ4v) is 11.4. The summed E-state index contributed by atoms with van der Waals surface area (Å²) in [5.74, 6) is 0.0257. The first-order valence-corrected chi connectivity index (χ1v) is 24.8. The van der Waals surface area contributed by atoms with Gasteiger partial charge in [0.15, 0.2) is 0 Å². The molecule has 0 spiro atoms. The van der Waals surface area contributed by atoms with Gasteiger partial charge in [0.1, 0.15) is 17.6 Å². The maximum absolute atomic E-state index is 13.9. The molecule has 0 aliphatic carbocycles. The van der Waals surface area contributed by atoms with Crippen molar-refractivity contribution in [3.05, 3.63) is 77.1 Å². The number of anilines is 4. The largest absolute Gasteiger partial charge is 0.369 e. The van der Waals surface area contributed by atoms with Crippen molar-refractivity contribution in [2.24, 2.45) is 5.92 Å². The second kappa shape index (κ2) is 18.6. The van der Waals surface area contributed by atoms with E-state index < -0.39 is 29.3 Å². The third-order valence-electron chi connectivity index (χ3n) is 15.6. The number of fused-ring (bicyclic) bond motifs is 3. The van der Waals surface area contributed by atoms with Gasteiger partial charge in [-0.25, -0.2) is 9.67 Å². The number of nitrogens with zero attached hydrogens (tertiary/aromatic N) is 13. The third-order valence-corrected chi connectivity index (χ3v) is 15.6. The number of carbonyl (C=O) groups excluding carboxylic acids is 5. The SMILES string of the molecule is CC1=C(C(=O)Nc2ccc3[nH]nc(-c4ccnc(N5CCN(CCN6CCC(CN7CCN(c8ccc9c(c8)C(=O)N(C8CCC(=O)NC8=O)C9=O)CC7)CC6)CC5)c4)c3c2)C(C)(C)n2nnnc2N1C. The molecule has 9 heterocycles. The number of imide groups is 2.